The number of anilines is 1. The fourth-order valence-corrected chi connectivity index (χ4v) is 2.95. The highest BCUT2D eigenvalue weighted by atomic mass is 15.3. The molecule has 0 bridgehead atoms. The minimum atomic E-state index is 0.521. The SMILES string of the molecule is Cc1cnc(N(C)C2CCN(Cc3cccnc3)CC2)nc1. The quantitative estimate of drug-likeness (QED) is 0.866. The van der Waals surface area contributed by atoms with Gasteiger partial charge in [-0.15, -0.1) is 0 Å². The molecule has 0 amide bonds. The lowest BCUT2D eigenvalue weighted by Crippen LogP contribution is -2.43. The summed E-state index contributed by atoms with van der Waals surface area (Å²) in [5, 5.41) is 0. The molecule has 1 aliphatic rings. The zero-order valence-electron chi connectivity index (χ0n) is 13.3. The van der Waals surface area contributed by atoms with Crippen molar-refractivity contribution in [1.29, 1.82) is 0 Å². The van der Waals surface area contributed by atoms with Crippen LogP contribution in [0.15, 0.2) is 36.9 Å². The standard InChI is InChI=1S/C17H23N5/c1-14-10-19-17(20-11-14)21(2)16-5-8-22(9-6-16)13-15-4-3-7-18-12-15/h3-4,7,10-12,16H,5-6,8-9,13H2,1-2H3. The summed E-state index contributed by atoms with van der Waals surface area (Å²) < 4.78 is 0. The Labute approximate surface area is 132 Å². The predicted octanol–water partition coefficient (Wildman–Crippen LogP) is 2.28. The molecule has 0 spiro atoms. The second-order valence-corrected chi connectivity index (χ2v) is 6.04. The van der Waals surface area contributed by atoms with Crippen molar-refractivity contribution in [2.45, 2.75) is 32.4 Å². The normalized spacial score (nSPS) is 16.6. The van der Waals surface area contributed by atoms with Gasteiger partial charge in [0.15, 0.2) is 0 Å². The molecule has 0 atom stereocenters. The van der Waals surface area contributed by atoms with Crippen LogP contribution in [-0.2, 0) is 6.54 Å². The molecule has 0 unspecified atom stereocenters. The predicted molar refractivity (Wildman–Crippen MR) is 87.7 cm³/mol. The summed E-state index contributed by atoms with van der Waals surface area (Å²) in [6, 6.07) is 4.67. The van der Waals surface area contributed by atoms with Gasteiger partial charge in [0.25, 0.3) is 0 Å². The van der Waals surface area contributed by atoms with E-state index in [-0.39, 0.29) is 0 Å². The Morgan fingerprint density at radius 1 is 1.18 bits per heavy atom. The lowest BCUT2D eigenvalue weighted by atomic mass is 10.0. The van der Waals surface area contributed by atoms with E-state index in [1.165, 1.54) is 5.56 Å². The van der Waals surface area contributed by atoms with E-state index in [2.05, 4.69) is 37.9 Å². The minimum absolute atomic E-state index is 0.521. The van der Waals surface area contributed by atoms with Gasteiger partial charge in [0.1, 0.15) is 0 Å². The first-order valence-corrected chi connectivity index (χ1v) is 7.85. The Kier molecular flexibility index (Phi) is 4.63. The average Bonchev–Trinajstić information content (AvgIpc) is 2.57. The van der Waals surface area contributed by atoms with Gasteiger partial charge in [0, 0.05) is 57.5 Å². The third-order valence-corrected chi connectivity index (χ3v) is 4.32. The van der Waals surface area contributed by atoms with E-state index in [4.69, 9.17) is 0 Å². The molecule has 22 heavy (non-hydrogen) atoms. The Morgan fingerprint density at radius 3 is 2.55 bits per heavy atom. The summed E-state index contributed by atoms with van der Waals surface area (Å²) in [5.74, 6) is 0.830. The number of pyridine rings is 1. The van der Waals surface area contributed by atoms with Gasteiger partial charge in [-0.3, -0.25) is 9.88 Å². The topological polar surface area (TPSA) is 45.2 Å². The van der Waals surface area contributed by atoms with Crippen molar-refractivity contribution in [1.82, 2.24) is 19.9 Å². The molecule has 0 aromatic carbocycles. The van der Waals surface area contributed by atoms with Crippen LogP contribution in [0, 0.1) is 6.92 Å². The first kappa shape index (κ1) is 14.9. The van der Waals surface area contributed by atoms with Crippen molar-refractivity contribution in [3.63, 3.8) is 0 Å². The van der Waals surface area contributed by atoms with Crippen molar-refractivity contribution in [2.75, 3.05) is 25.0 Å². The summed E-state index contributed by atoms with van der Waals surface area (Å²) in [7, 11) is 2.10. The Morgan fingerprint density at radius 2 is 1.91 bits per heavy atom. The fraction of sp³-hybridized carbons (Fsp3) is 0.471. The van der Waals surface area contributed by atoms with Crippen molar-refractivity contribution < 1.29 is 0 Å². The molecule has 0 saturated carbocycles. The summed E-state index contributed by atoms with van der Waals surface area (Å²) in [6.45, 7) is 5.22. The number of nitrogens with zero attached hydrogens (tertiary/aromatic N) is 5. The second kappa shape index (κ2) is 6.83. The molecule has 3 heterocycles. The molecule has 5 heteroatoms. The highest BCUT2D eigenvalue weighted by Crippen LogP contribution is 2.20. The molecule has 1 fully saturated rings. The maximum atomic E-state index is 4.43. The molecule has 5 nitrogen and oxygen atoms in total. The van der Waals surface area contributed by atoms with Gasteiger partial charge in [0.05, 0.1) is 0 Å². The van der Waals surface area contributed by atoms with E-state index in [0.717, 1.165) is 44.0 Å². The van der Waals surface area contributed by atoms with Crippen LogP contribution in [0.25, 0.3) is 0 Å². The van der Waals surface area contributed by atoms with Crippen LogP contribution in [0.3, 0.4) is 0 Å². The van der Waals surface area contributed by atoms with Gasteiger partial charge in [-0.1, -0.05) is 6.07 Å². The smallest absolute Gasteiger partial charge is 0.225 e. The number of aromatic nitrogens is 3. The monoisotopic (exact) mass is 297 g/mol. The number of aryl methyl sites for hydroxylation is 1. The number of likely N-dealkylation sites (tertiary alicyclic amines) is 1. The molecule has 1 saturated heterocycles. The van der Waals surface area contributed by atoms with Crippen LogP contribution < -0.4 is 4.90 Å². The average molecular weight is 297 g/mol. The third kappa shape index (κ3) is 3.60. The Bertz CT molecular complexity index is 576. The lowest BCUT2D eigenvalue weighted by molar-refractivity contribution is 0.202. The van der Waals surface area contributed by atoms with Crippen LogP contribution in [0.5, 0.6) is 0 Å². The first-order chi connectivity index (χ1) is 10.7. The number of hydrogen-bond donors (Lipinski definition) is 0. The molecule has 1 aliphatic heterocycles. The van der Waals surface area contributed by atoms with Crippen LogP contribution in [0.4, 0.5) is 5.95 Å². The summed E-state index contributed by atoms with van der Waals surface area (Å²) >= 11 is 0. The van der Waals surface area contributed by atoms with Gasteiger partial charge < -0.3 is 4.90 Å². The van der Waals surface area contributed by atoms with Crippen LogP contribution in [-0.4, -0.2) is 46.0 Å². The van der Waals surface area contributed by atoms with Crippen molar-refractivity contribution in [3.05, 3.63) is 48.0 Å². The molecule has 3 rings (SSSR count). The first-order valence-electron chi connectivity index (χ1n) is 7.85. The maximum absolute atomic E-state index is 4.43. The summed E-state index contributed by atoms with van der Waals surface area (Å²) in [4.78, 5) is 17.8. The van der Waals surface area contributed by atoms with E-state index in [9.17, 15) is 0 Å². The van der Waals surface area contributed by atoms with Crippen molar-refractivity contribution in [3.8, 4) is 0 Å². The van der Waals surface area contributed by atoms with E-state index in [1.54, 1.807) is 0 Å². The molecular formula is C17H23N5. The summed E-state index contributed by atoms with van der Waals surface area (Å²) in [5.41, 5.74) is 2.39. The molecule has 116 valence electrons. The van der Waals surface area contributed by atoms with Crippen LogP contribution in [0.2, 0.25) is 0 Å². The second-order valence-electron chi connectivity index (χ2n) is 6.04. The summed E-state index contributed by atoms with van der Waals surface area (Å²) in [6.07, 6.45) is 9.85. The Hall–Kier alpha value is -2.01. The largest absolute Gasteiger partial charge is 0.341 e. The van der Waals surface area contributed by atoms with E-state index in [1.807, 2.05) is 37.8 Å². The zero-order chi connectivity index (χ0) is 15.4. The van der Waals surface area contributed by atoms with E-state index in [0.29, 0.717) is 6.04 Å². The maximum Gasteiger partial charge on any atom is 0.225 e. The van der Waals surface area contributed by atoms with Crippen LogP contribution in [0.1, 0.15) is 24.0 Å². The van der Waals surface area contributed by atoms with Crippen molar-refractivity contribution in [2.24, 2.45) is 0 Å². The van der Waals surface area contributed by atoms with Crippen molar-refractivity contribution >= 4 is 5.95 Å². The van der Waals surface area contributed by atoms with Gasteiger partial charge in [0.2, 0.25) is 5.95 Å². The van der Waals surface area contributed by atoms with E-state index >= 15 is 0 Å². The van der Waals surface area contributed by atoms with Crippen LogP contribution >= 0.6 is 0 Å². The molecule has 0 radical (unpaired) electrons. The number of piperidine rings is 1. The highest BCUT2D eigenvalue weighted by Gasteiger charge is 2.23. The van der Waals surface area contributed by atoms with E-state index < -0.39 is 0 Å². The molecular weight excluding hydrogens is 274 g/mol. The van der Waals surface area contributed by atoms with Gasteiger partial charge >= 0.3 is 0 Å². The zero-order valence-corrected chi connectivity index (χ0v) is 13.3. The fourth-order valence-electron chi connectivity index (χ4n) is 2.95. The molecule has 0 N–H and O–H groups in total. The molecule has 0 aliphatic carbocycles. The van der Waals surface area contributed by atoms with Gasteiger partial charge in [-0.2, -0.15) is 0 Å². The lowest BCUT2D eigenvalue weighted by Gasteiger charge is -2.36. The highest BCUT2D eigenvalue weighted by molar-refractivity contribution is 5.30. The van der Waals surface area contributed by atoms with Gasteiger partial charge in [-0.05, 0) is 37.0 Å². The van der Waals surface area contributed by atoms with Gasteiger partial charge in [-0.25, -0.2) is 9.97 Å². The molecule has 2 aromatic rings. The Balaban J connectivity index is 1.54. The minimum Gasteiger partial charge on any atom is -0.341 e. The number of rotatable bonds is 4. The molecule has 2 aromatic heterocycles. The number of hydrogen-bond acceptors (Lipinski definition) is 5. The third-order valence-electron chi connectivity index (χ3n) is 4.32.